The van der Waals surface area contributed by atoms with Gasteiger partial charge in [-0.3, -0.25) is 0 Å². The van der Waals surface area contributed by atoms with Gasteiger partial charge >= 0.3 is 6.18 Å². The van der Waals surface area contributed by atoms with Crippen LogP contribution in [0.2, 0.25) is 0 Å². The van der Waals surface area contributed by atoms with E-state index < -0.39 is 17.8 Å². The van der Waals surface area contributed by atoms with Crippen molar-refractivity contribution in [3.05, 3.63) is 0 Å². The molecule has 0 aliphatic carbocycles. The van der Waals surface area contributed by atoms with Crippen LogP contribution < -0.4 is 5.73 Å². The zero-order valence-electron chi connectivity index (χ0n) is 8.56. The van der Waals surface area contributed by atoms with E-state index in [2.05, 4.69) is 0 Å². The fourth-order valence-electron chi connectivity index (χ4n) is 1.27. The van der Waals surface area contributed by atoms with Crippen LogP contribution in [0.1, 0.15) is 39.5 Å². The van der Waals surface area contributed by atoms with Crippen LogP contribution in [0.4, 0.5) is 13.2 Å². The molecule has 2 nitrogen and oxygen atoms in total. The third-order valence-electron chi connectivity index (χ3n) is 2.25. The van der Waals surface area contributed by atoms with E-state index in [1.54, 1.807) is 0 Å². The van der Waals surface area contributed by atoms with Gasteiger partial charge in [-0.15, -0.1) is 0 Å². The Hall–Kier alpha value is -0.290. The van der Waals surface area contributed by atoms with Gasteiger partial charge in [0.25, 0.3) is 0 Å². The highest BCUT2D eigenvalue weighted by atomic mass is 19.4. The van der Waals surface area contributed by atoms with Crippen molar-refractivity contribution in [2.45, 2.75) is 57.3 Å². The molecule has 5 heteroatoms. The minimum Gasteiger partial charge on any atom is -0.382 e. The first-order valence-electron chi connectivity index (χ1n) is 4.75. The fourth-order valence-corrected chi connectivity index (χ4v) is 1.27. The average molecular weight is 213 g/mol. The summed E-state index contributed by atoms with van der Waals surface area (Å²) in [6.07, 6.45) is -4.53. The van der Waals surface area contributed by atoms with Gasteiger partial charge in [-0.05, 0) is 13.3 Å². The van der Waals surface area contributed by atoms with Gasteiger partial charge in [0.1, 0.15) is 0 Å². The van der Waals surface area contributed by atoms with Crippen LogP contribution in [0.15, 0.2) is 0 Å². The SMILES string of the molecule is CCCCCC(C)(N)C(O)C(F)(F)F. The van der Waals surface area contributed by atoms with E-state index in [1.807, 2.05) is 6.92 Å². The second kappa shape index (κ2) is 4.98. The standard InChI is InChI=1S/C9H18F3NO/c1-3-4-5-6-8(2,13)7(14)9(10,11)12/h7,14H,3-6,13H2,1-2H3. The zero-order valence-corrected chi connectivity index (χ0v) is 8.56. The monoisotopic (exact) mass is 213 g/mol. The number of halogens is 3. The highest BCUT2D eigenvalue weighted by Crippen LogP contribution is 2.29. The fraction of sp³-hybridized carbons (Fsp3) is 1.00. The van der Waals surface area contributed by atoms with Gasteiger partial charge in [0.15, 0.2) is 6.10 Å². The Balaban J connectivity index is 4.16. The molecule has 0 aliphatic heterocycles. The molecule has 0 rings (SSSR count). The number of rotatable bonds is 5. The topological polar surface area (TPSA) is 46.2 Å². The summed E-state index contributed by atoms with van der Waals surface area (Å²) in [5.41, 5.74) is 3.84. The molecular weight excluding hydrogens is 195 g/mol. The second-order valence-electron chi connectivity index (χ2n) is 3.91. The molecule has 0 amide bonds. The Bertz CT molecular complexity index is 168. The van der Waals surface area contributed by atoms with Crippen LogP contribution in [-0.4, -0.2) is 22.9 Å². The van der Waals surface area contributed by atoms with Gasteiger partial charge < -0.3 is 10.8 Å². The lowest BCUT2D eigenvalue weighted by Crippen LogP contribution is -2.55. The summed E-state index contributed by atoms with van der Waals surface area (Å²) in [4.78, 5) is 0. The second-order valence-corrected chi connectivity index (χ2v) is 3.91. The van der Waals surface area contributed by atoms with Crippen LogP contribution in [0.3, 0.4) is 0 Å². The van der Waals surface area contributed by atoms with Crippen molar-refractivity contribution in [2.75, 3.05) is 0 Å². The van der Waals surface area contributed by atoms with Crippen molar-refractivity contribution < 1.29 is 18.3 Å². The van der Waals surface area contributed by atoms with Gasteiger partial charge in [0.2, 0.25) is 0 Å². The minimum absolute atomic E-state index is 0.182. The molecule has 86 valence electrons. The van der Waals surface area contributed by atoms with Gasteiger partial charge in [-0.1, -0.05) is 26.2 Å². The van der Waals surface area contributed by atoms with Crippen molar-refractivity contribution >= 4 is 0 Å². The van der Waals surface area contributed by atoms with Crippen molar-refractivity contribution in [2.24, 2.45) is 5.73 Å². The average Bonchev–Trinajstić information content (AvgIpc) is 2.01. The predicted molar refractivity (Wildman–Crippen MR) is 48.8 cm³/mol. The number of hydrogen-bond acceptors (Lipinski definition) is 2. The van der Waals surface area contributed by atoms with Gasteiger partial charge in [0, 0.05) is 5.54 Å². The molecule has 0 spiro atoms. The Morgan fingerprint density at radius 3 is 2.14 bits per heavy atom. The lowest BCUT2D eigenvalue weighted by molar-refractivity contribution is -0.222. The first-order chi connectivity index (χ1) is 6.22. The normalized spacial score (nSPS) is 19.1. The van der Waals surface area contributed by atoms with Crippen molar-refractivity contribution in [3.63, 3.8) is 0 Å². The van der Waals surface area contributed by atoms with Crippen LogP contribution in [0.25, 0.3) is 0 Å². The number of alkyl halides is 3. The van der Waals surface area contributed by atoms with E-state index in [1.165, 1.54) is 6.92 Å². The molecule has 0 aromatic carbocycles. The van der Waals surface area contributed by atoms with E-state index in [-0.39, 0.29) is 6.42 Å². The smallest absolute Gasteiger partial charge is 0.382 e. The molecule has 2 unspecified atom stereocenters. The summed E-state index contributed by atoms with van der Waals surface area (Å²) in [5.74, 6) is 0. The molecule has 0 fully saturated rings. The largest absolute Gasteiger partial charge is 0.416 e. The van der Waals surface area contributed by atoms with E-state index >= 15 is 0 Å². The predicted octanol–water partition coefficient (Wildman–Crippen LogP) is 2.21. The molecule has 0 radical (unpaired) electrons. The summed E-state index contributed by atoms with van der Waals surface area (Å²) in [6.45, 7) is 3.19. The molecule has 0 aromatic heterocycles. The molecule has 0 aliphatic rings. The van der Waals surface area contributed by atoms with E-state index in [0.717, 1.165) is 12.8 Å². The van der Waals surface area contributed by atoms with Crippen LogP contribution in [0, 0.1) is 0 Å². The van der Waals surface area contributed by atoms with Gasteiger partial charge in [-0.25, -0.2) is 0 Å². The maximum absolute atomic E-state index is 12.1. The third-order valence-corrected chi connectivity index (χ3v) is 2.25. The van der Waals surface area contributed by atoms with Gasteiger partial charge in [-0.2, -0.15) is 13.2 Å². The highest BCUT2D eigenvalue weighted by molar-refractivity contribution is 4.91. The zero-order chi connectivity index (χ0) is 11.4. The molecule has 0 aromatic rings. The van der Waals surface area contributed by atoms with Gasteiger partial charge in [0.05, 0.1) is 0 Å². The van der Waals surface area contributed by atoms with Crippen LogP contribution in [-0.2, 0) is 0 Å². The Labute approximate surface area is 82.3 Å². The lowest BCUT2D eigenvalue weighted by atomic mass is 9.89. The number of nitrogens with two attached hydrogens (primary N) is 1. The van der Waals surface area contributed by atoms with E-state index in [0.29, 0.717) is 6.42 Å². The Morgan fingerprint density at radius 2 is 1.79 bits per heavy atom. The Kier molecular flexibility index (Phi) is 4.88. The number of aliphatic hydroxyl groups excluding tert-OH is 1. The Morgan fingerprint density at radius 1 is 1.29 bits per heavy atom. The molecule has 0 saturated carbocycles. The summed E-state index contributed by atoms with van der Waals surface area (Å²) in [7, 11) is 0. The van der Waals surface area contributed by atoms with E-state index in [4.69, 9.17) is 10.8 Å². The van der Waals surface area contributed by atoms with Crippen molar-refractivity contribution in [1.82, 2.24) is 0 Å². The number of aliphatic hydroxyl groups is 1. The lowest BCUT2D eigenvalue weighted by Gasteiger charge is -2.31. The van der Waals surface area contributed by atoms with Crippen LogP contribution in [0.5, 0.6) is 0 Å². The molecule has 0 saturated heterocycles. The first kappa shape index (κ1) is 13.7. The molecule has 0 heterocycles. The highest BCUT2D eigenvalue weighted by Gasteiger charge is 2.47. The molecule has 3 N–H and O–H groups in total. The molecule has 14 heavy (non-hydrogen) atoms. The summed E-state index contributed by atoms with van der Waals surface area (Å²) < 4.78 is 36.4. The summed E-state index contributed by atoms with van der Waals surface area (Å²) in [6, 6.07) is 0. The summed E-state index contributed by atoms with van der Waals surface area (Å²) in [5, 5.41) is 8.96. The van der Waals surface area contributed by atoms with Crippen LogP contribution >= 0.6 is 0 Å². The first-order valence-corrected chi connectivity index (χ1v) is 4.75. The van der Waals surface area contributed by atoms with E-state index in [9.17, 15) is 13.2 Å². The summed E-state index contributed by atoms with van der Waals surface area (Å²) >= 11 is 0. The van der Waals surface area contributed by atoms with Crippen molar-refractivity contribution in [3.8, 4) is 0 Å². The quantitative estimate of drug-likeness (QED) is 0.688. The molecule has 0 bridgehead atoms. The van der Waals surface area contributed by atoms with Crippen molar-refractivity contribution in [1.29, 1.82) is 0 Å². The maximum Gasteiger partial charge on any atom is 0.416 e. The maximum atomic E-state index is 12.1. The molecule has 2 atom stereocenters. The minimum atomic E-state index is -4.63. The third kappa shape index (κ3) is 4.28. The number of unbranched alkanes of at least 4 members (excludes halogenated alkanes) is 2. The number of hydrogen-bond donors (Lipinski definition) is 2. The molecular formula is C9H18F3NO.